The van der Waals surface area contributed by atoms with E-state index in [-0.39, 0.29) is 0 Å². The topological polar surface area (TPSA) is 12.9 Å². The van der Waals surface area contributed by atoms with E-state index in [1.54, 1.807) is 11.3 Å². The van der Waals surface area contributed by atoms with Crippen molar-refractivity contribution in [2.24, 2.45) is 0 Å². The van der Waals surface area contributed by atoms with Crippen LogP contribution >= 0.6 is 43.2 Å². The monoisotopic (exact) mass is 359 g/mol. The average molecular weight is 361 g/mol. The van der Waals surface area contributed by atoms with Gasteiger partial charge in [-0.1, -0.05) is 44.0 Å². The summed E-state index contributed by atoms with van der Waals surface area (Å²) in [4.78, 5) is 5.45. The molecule has 0 aliphatic carbocycles. The first-order chi connectivity index (χ1) is 7.79. The van der Waals surface area contributed by atoms with Crippen LogP contribution in [0.4, 0.5) is 0 Å². The van der Waals surface area contributed by atoms with E-state index in [4.69, 9.17) is 0 Å². The largest absolute Gasteiger partial charge is 0.253 e. The molecule has 0 saturated carbocycles. The number of benzene rings is 1. The Kier molecular flexibility index (Phi) is 4.55. The molecule has 1 atom stereocenters. The predicted octanol–water partition coefficient (Wildman–Crippen LogP) is 4.63. The molecular formula is C12H11Br2NS. The lowest BCUT2D eigenvalue weighted by atomic mass is 9.97. The lowest BCUT2D eigenvalue weighted by Gasteiger charge is -2.13. The first kappa shape index (κ1) is 12.3. The molecule has 0 spiro atoms. The highest BCUT2D eigenvalue weighted by atomic mass is 79.9. The van der Waals surface area contributed by atoms with Crippen LogP contribution in [-0.4, -0.2) is 10.3 Å². The van der Waals surface area contributed by atoms with Crippen molar-refractivity contribution >= 4 is 43.2 Å². The molecule has 2 aromatic rings. The SMILES string of the molecule is BrCC(Cc1cncs1)c1cccc(Br)c1. The van der Waals surface area contributed by atoms with E-state index in [1.807, 2.05) is 11.7 Å². The third-order valence-electron chi connectivity index (χ3n) is 2.44. The Morgan fingerprint density at radius 3 is 2.88 bits per heavy atom. The first-order valence-electron chi connectivity index (χ1n) is 4.98. The summed E-state index contributed by atoms with van der Waals surface area (Å²) in [5.41, 5.74) is 3.25. The average Bonchev–Trinajstić information content (AvgIpc) is 2.78. The minimum Gasteiger partial charge on any atom is -0.253 e. The lowest BCUT2D eigenvalue weighted by Crippen LogP contribution is -2.03. The van der Waals surface area contributed by atoms with E-state index in [9.17, 15) is 0 Å². The summed E-state index contributed by atoms with van der Waals surface area (Å²) in [6.07, 6.45) is 3.00. The number of halogens is 2. The van der Waals surface area contributed by atoms with Crippen molar-refractivity contribution in [2.45, 2.75) is 12.3 Å². The zero-order chi connectivity index (χ0) is 11.4. The third kappa shape index (κ3) is 3.15. The summed E-state index contributed by atoms with van der Waals surface area (Å²) in [6, 6.07) is 8.51. The van der Waals surface area contributed by atoms with Crippen LogP contribution in [0.3, 0.4) is 0 Å². The minimum absolute atomic E-state index is 0.512. The third-order valence-corrected chi connectivity index (χ3v) is 4.51. The second-order valence-electron chi connectivity index (χ2n) is 3.58. The van der Waals surface area contributed by atoms with Crippen molar-refractivity contribution in [1.29, 1.82) is 0 Å². The van der Waals surface area contributed by atoms with Crippen molar-refractivity contribution in [3.05, 3.63) is 50.9 Å². The van der Waals surface area contributed by atoms with Gasteiger partial charge in [-0.3, -0.25) is 4.98 Å². The van der Waals surface area contributed by atoms with Crippen LogP contribution in [-0.2, 0) is 6.42 Å². The van der Waals surface area contributed by atoms with Crippen LogP contribution in [0.1, 0.15) is 16.4 Å². The van der Waals surface area contributed by atoms with Gasteiger partial charge < -0.3 is 0 Å². The second kappa shape index (κ2) is 5.94. The molecule has 0 N–H and O–H groups in total. The molecule has 1 heterocycles. The van der Waals surface area contributed by atoms with Crippen LogP contribution in [0.25, 0.3) is 0 Å². The number of nitrogens with zero attached hydrogens (tertiary/aromatic N) is 1. The van der Waals surface area contributed by atoms with E-state index in [1.165, 1.54) is 10.4 Å². The second-order valence-corrected chi connectivity index (χ2v) is 6.11. The minimum atomic E-state index is 0.512. The zero-order valence-electron chi connectivity index (χ0n) is 8.57. The van der Waals surface area contributed by atoms with Crippen molar-refractivity contribution in [2.75, 3.05) is 5.33 Å². The number of thiazole rings is 1. The molecule has 0 aliphatic heterocycles. The van der Waals surface area contributed by atoms with Crippen molar-refractivity contribution < 1.29 is 0 Å². The van der Waals surface area contributed by atoms with E-state index in [0.29, 0.717) is 5.92 Å². The highest BCUT2D eigenvalue weighted by molar-refractivity contribution is 9.10. The molecule has 0 radical (unpaired) electrons. The molecule has 0 fully saturated rings. The van der Waals surface area contributed by atoms with Gasteiger partial charge in [0.05, 0.1) is 5.51 Å². The fourth-order valence-electron chi connectivity index (χ4n) is 1.61. The van der Waals surface area contributed by atoms with Crippen LogP contribution in [0.5, 0.6) is 0 Å². The van der Waals surface area contributed by atoms with Gasteiger partial charge in [0.15, 0.2) is 0 Å². The molecule has 1 aromatic carbocycles. The van der Waals surface area contributed by atoms with Gasteiger partial charge in [-0.05, 0) is 30.0 Å². The normalized spacial score (nSPS) is 12.6. The maximum atomic E-state index is 4.11. The van der Waals surface area contributed by atoms with Gasteiger partial charge in [0, 0.05) is 20.9 Å². The molecular weight excluding hydrogens is 350 g/mol. The van der Waals surface area contributed by atoms with Gasteiger partial charge in [-0.2, -0.15) is 0 Å². The molecule has 84 valence electrons. The molecule has 1 nitrogen and oxygen atoms in total. The van der Waals surface area contributed by atoms with Crippen LogP contribution in [0.2, 0.25) is 0 Å². The maximum absolute atomic E-state index is 4.11. The first-order valence-corrected chi connectivity index (χ1v) is 7.78. The Morgan fingerprint density at radius 1 is 1.38 bits per heavy atom. The molecule has 0 saturated heterocycles. The molecule has 0 amide bonds. The zero-order valence-corrected chi connectivity index (χ0v) is 12.6. The van der Waals surface area contributed by atoms with Crippen molar-refractivity contribution in [1.82, 2.24) is 4.98 Å². The van der Waals surface area contributed by atoms with E-state index >= 15 is 0 Å². The number of aromatic nitrogens is 1. The number of hydrogen-bond acceptors (Lipinski definition) is 2. The number of alkyl halides is 1. The Morgan fingerprint density at radius 2 is 2.25 bits per heavy atom. The molecule has 1 aromatic heterocycles. The lowest BCUT2D eigenvalue weighted by molar-refractivity contribution is 0.783. The van der Waals surface area contributed by atoms with E-state index < -0.39 is 0 Å². The molecule has 4 heteroatoms. The Hall–Kier alpha value is -0.190. The van der Waals surface area contributed by atoms with Gasteiger partial charge in [-0.25, -0.2) is 0 Å². The molecule has 2 rings (SSSR count). The predicted molar refractivity (Wildman–Crippen MR) is 76.5 cm³/mol. The van der Waals surface area contributed by atoms with E-state index in [0.717, 1.165) is 16.2 Å². The fraction of sp³-hybridized carbons (Fsp3) is 0.250. The van der Waals surface area contributed by atoms with Gasteiger partial charge in [0.25, 0.3) is 0 Å². The summed E-state index contributed by atoms with van der Waals surface area (Å²) in [5, 5.41) is 0.974. The summed E-state index contributed by atoms with van der Waals surface area (Å²) in [5.74, 6) is 0.512. The Labute approximate surface area is 116 Å². The number of rotatable bonds is 4. The molecule has 1 unspecified atom stereocenters. The molecule has 0 bridgehead atoms. The van der Waals surface area contributed by atoms with Gasteiger partial charge in [-0.15, -0.1) is 11.3 Å². The van der Waals surface area contributed by atoms with Gasteiger partial charge >= 0.3 is 0 Å². The summed E-state index contributed by atoms with van der Waals surface area (Å²) in [6.45, 7) is 0. The maximum Gasteiger partial charge on any atom is 0.0794 e. The molecule has 16 heavy (non-hydrogen) atoms. The smallest absolute Gasteiger partial charge is 0.0794 e. The quantitative estimate of drug-likeness (QED) is 0.724. The highest BCUT2D eigenvalue weighted by Crippen LogP contribution is 2.26. The number of hydrogen-bond donors (Lipinski definition) is 0. The van der Waals surface area contributed by atoms with Crippen LogP contribution in [0, 0.1) is 0 Å². The molecule has 0 aliphatic rings. The Balaban J connectivity index is 2.16. The van der Waals surface area contributed by atoms with E-state index in [2.05, 4.69) is 61.1 Å². The van der Waals surface area contributed by atoms with Crippen molar-refractivity contribution in [3.63, 3.8) is 0 Å². The van der Waals surface area contributed by atoms with Gasteiger partial charge in [0.2, 0.25) is 0 Å². The summed E-state index contributed by atoms with van der Waals surface area (Å²) >= 11 is 8.83. The Bertz CT molecular complexity index is 442. The van der Waals surface area contributed by atoms with Crippen LogP contribution < -0.4 is 0 Å². The summed E-state index contributed by atoms with van der Waals surface area (Å²) < 4.78 is 1.14. The standard InChI is InChI=1S/C12H11Br2NS/c13-6-10(5-12-7-15-8-16-12)9-2-1-3-11(14)4-9/h1-4,7-8,10H,5-6H2. The van der Waals surface area contributed by atoms with Crippen LogP contribution in [0.15, 0.2) is 40.4 Å². The summed E-state index contributed by atoms with van der Waals surface area (Å²) in [7, 11) is 0. The highest BCUT2D eigenvalue weighted by Gasteiger charge is 2.12. The van der Waals surface area contributed by atoms with Gasteiger partial charge in [0.1, 0.15) is 0 Å². The van der Waals surface area contributed by atoms with Crippen molar-refractivity contribution in [3.8, 4) is 0 Å². The fourth-order valence-corrected chi connectivity index (χ4v) is 3.30.